The van der Waals surface area contributed by atoms with Gasteiger partial charge in [-0.2, -0.15) is 13.2 Å². The Labute approximate surface area is 84.4 Å². The van der Waals surface area contributed by atoms with E-state index in [9.17, 15) is 13.2 Å². The molecule has 0 amide bonds. The molecule has 0 aliphatic heterocycles. The summed E-state index contributed by atoms with van der Waals surface area (Å²) < 4.78 is 42.0. The zero-order valence-electron chi connectivity index (χ0n) is 7.36. The Balaban J connectivity index is 3.29. The van der Waals surface area contributed by atoms with Crippen LogP contribution in [0.15, 0.2) is 18.2 Å². The highest BCUT2D eigenvalue weighted by atomic mass is 35.5. The molecule has 78 valence electrons. The Morgan fingerprint density at radius 1 is 1.36 bits per heavy atom. The number of methoxy groups -OCH3 is 1. The number of ether oxygens (including phenoxy) is 1. The molecule has 14 heavy (non-hydrogen) atoms. The maximum atomic E-state index is 12.4. The number of para-hydroxylation sites is 1. The van der Waals surface area contributed by atoms with Gasteiger partial charge in [0, 0.05) is 5.56 Å². The number of hydrogen-bond acceptors (Lipinski definition) is 1. The first-order valence-electron chi connectivity index (χ1n) is 3.79. The predicted octanol–water partition coefficient (Wildman–Crippen LogP) is 3.45. The smallest absolute Gasteiger partial charge is 0.419 e. The molecule has 0 aromatic heterocycles. The molecule has 0 saturated heterocycles. The van der Waals surface area contributed by atoms with Gasteiger partial charge in [0.2, 0.25) is 0 Å². The molecule has 5 heteroatoms. The second-order valence-electron chi connectivity index (χ2n) is 2.63. The summed E-state index contributed by atoms with van der Waals surface area (Å²) >= 11 is 5.49. The van der Waals surface area contributed by atoms with Crippen molar-refractivity contribution in [3.05, 3.63) is 29.3 Å². The third kappa shape index (κ3) is 2.12. The van der Waals surface area contributed by atoms with E-state index in [-0.39, 0.29) is 11.6 Å². The molecular weight excluding hydrogens is 217 g/mol. The molecule has 1 nitrogen and oxygen atoms in total. The lowest BCUT2D eigenvalue weighted by molar-refractivity contribution is -0.138. The number of rotatable bonds is 2. The summed E-state index contributed by atoms with van der Waals surface area (Å²) in [5.74, 6) is -0.206. The van der Waals surface area contributed by atoms with Crippen LogP contribution in [0.5, 0.6) is 5.75 Å². The Hall–Kier alpha value is -0.900. The van der Waals surface area contributed by atoms with Gasteiger partial charge in [0.1, 0.15) is 5.75 Å². The normalized spacial score (nSPS) is 11.5. The van der Waals surface area contributed by atoms with Crippen LogP contribution in [0.1, 0.15) is 11.1 Å². The van der Waals surface area contributed by atoms with Gasteiger partial charge in [-0.05, 0) is 6.07 Å². The van der Waals surface area contributed by atoms with Crippen molar-refractivity contribution in [2.45, 2.75) is 12.1 Å². The number of alkyl halides is 4. The first kappa shape index (κ1) is 11.2. The van der Waals surface area contributed by atoms with Gasteiger partial charge in [-0.3, -0.25) is 0 Å². The maximum absolute atomic E-state index is 12.4. The molecule has 0 spiro atoms. The van der Waals surface area contributed by atoms with Crippen LogP contribution < -0.4 is 4.74 Å². The molecule has 1 aromatic rings. The lowest BCUT2D eigenvalue weighted by atomic mass is 10.1. The van der Waals surface area contributed by atoms with Crippen molar-refractivity contribution in [1.82, 2.24) is 0 Å². The monoisotopic (exact) mass is 224 g/mol. The Morgan fingerprint density at radius 3 is 2.43 bits per heavy atom. The summed E-state index contributed by atoms with van der Waals surface area (Å²) in [7, 11) is 1.20. The molecule has 0 radical (unpaired) electrons. The number of halogens is 4. The molecule has 0 unspecified atom stereocenters. The highest BCUT2D eigenvalue weighted by molar-refractivity contribution is 6.17. The summed E-state index contributed by atoms with van der Waals surface area (Å²) in [6.45, 7) is 0. The van der Waals surface area contributed by atoms with Crippen molar-refractivity contribution < 1.29 is 17.9 Å². The van der Waals surface area contributed by atoms with E-state index in [1.807, 2.05) is 0 Å². The summed E-state index contributed by atoms with van der Waals surface area (Å²) in [4.78, 5) is 0. The average Bonchev–Trinajstić information content (AvgIpc) is 2.15. The summed E-state index contributed by atoms with van der Waals surface area (Å²) in [5, 5.41) is 0. The Morgan fingerprint density at radius 2 is 2.00 bits per heavy atom. The van der Waals surface area contributed by atoms with Crippen molar-refractivity contribution in [2.24, 2.45) is 0 Å². The van der Waals surface area contributed by atoms with Crippen molar-refractivity contribution >= 4 is 11.6 Å². The first-order chi connectivity index (χ1) is 6.50. The van der Waals surface area contributed by atoms with Crippen molar-refractivity contribution in [3.63, 3.8) is 0 Å². The fourth-order valence-corrected chi connectivity index (χ4v) is 1.36. The minimum Gasteiger partial charge on any atom is -0.496 e. The van der Waals surface area contributed by atoms with Crippen LogP contribution in [0.25, 0.3) is 0 Å². The molecule has 0 aliphatic carbocycles. The highest BCUT2D eigenvalue weighted by Gasteiger charge is 2.34. The summed E-state index contributed by atoms with van der Waals surface area (Å²) in [6.07, 6.45) is -4.41. The lowest BCUT2D eigenvalue weighted by Gasteiger charge is -2.14. The van der Waals surface area contributed by atoms with Gasteiger partial charge < -0.3 is 4.74 Å². The van der Waals surface area contributed by atoms with E-state index in [0.29, 0.717) is 5.56 Å². The molecule has 0 aliphatic rings. The standard InChI is InChI=1S/C9H8ClF3O/c1-14-8-6(5-10)3-2-4-7(8)9(11,12)13/h2-4H,5H2,1H3. The van der Waals surface area contributed by atoms with Gasteiger partial charge in [0.15, 0.2) is 0 Å². The van der Waals surface area contributed by atoms with Crippen molar-refractivity contribution in [2.75, 3.05) is 7.11 Å². The fraction of sp³-hybridized carbons (Fsp3) is 0.333. The van der Waals surface area contributed by atoms with E-state index in [0.717, 1.165) is 6.07 Å². The predicted molar refractivity (Wildman–Crippen MR) is 47.6 cm³/mol. The van der Waals surface area contributed by atoms with Crippen LogP contribution in [0.3, 0.4) is 0 Å². The number of hydrogen-bond donors (Lipinski definition) is 0. The van der Waals surface area contributed by atoms with Crippen LogP contribution in [0.2, 0.25) is 0 Å². The third-order valence-corrected chi connectivity index (χ3v) is 2.04. The zero-order valence-corrected chi connectivity index (χ0v) is 8.12. The van der Waals surface area contributed by atoms with Crippen LogP contribution in [0, 0.1) is 0 Å². The van der Waals surface area contributed by atoms with Gasteiger partial charge in [0.05, 0.1) is 18.6 Å². The van der Waals surface area contributed by atoms with Crippen LogP contribution >= 0.6 is 11.6 Å². The molecule has 0 N–H and O–H groups in total. The van der Waals surface area contributed by atoms with E-state index in [2.05, 4.69) is 4.74 Å². The molecule has 0 bridgehead atoms. The van der Waals surface area contributed by atoms with Gasteiger partial charge >= 0.3 is 6.18 Å². The van der Waals surface area contributed by atoms with Crippen LogP contribution in [-0.2, 0) is 12.1 Å². The molecule has 0 saturated carbocycles. The van der Waals surface area contributed by atoms with Gasteiger partial charge in [-0.25, -0.2) is 0 Å². The second-order valence-corrected chi connectivity index (χ2v) is 2.90. The molecule has 0 fully saturated rings. The molecule has 0 atom stereocenters. The highest BCUT2D eigenvalue weighted by Crippen LogP contribution is 2.38. The van der Waals surface area contributed by atoms with E-state index >= 15 is 0 Å². The van der Waals surface area contributed by atoms with Gasteiger partial charge in [-0.1, -0.05) is 12.1 Å². The average molecular weight is 225 g/mol. The Bertz CT molecular complexity index is 322. The molecule has 1 rings (SSSR count). The quantitative estimate of drug-likeness (QED) is 0.699. The summed E-state index contributed by atoms with van der Waals surface area (Å²) in [6, 6.07) is 3.78. The number of benzene rings is 1. The topological polar surface area (TPSA) is 9.23 Å². The minimum atomic E-state index is -4.41. The van der Waals surface area contributed by atoms with Crippen molar-refractivity contribution in [1.29, 1.82) is 0 Å². The summed E-state index contributed by atoms with van der Waals surface area (Å²) in [5.41, 5.74) is -0.456. The molecule has 0 heterocycles. The second kappa shape index (κ2) is 4.09. The third-order valence-electron chi connectivity index (χ3n) is 1.75. The van der Waals surface area contributed by atoms with Crippen LogP contribution in [0.4, 0.5) is 13.2 Å². The van der Waals surface area contributed by atoms with E-state index in [4.69, 9.17) is 11.6 Å². The molecule has 1 aromatic carbocycles. The van der Waals surface area contributed by atoms with Gasteiger partial charge in [0.25, 0.3) is 0 Å². The van der Waals surface area contributed by atoms with E-state index in [1.165, 1.54) is 19.2 Å². The Kier molecular flexibility index (Phi) is 3.26. The van der Waals surface area contributed by atoms with Crippen LogP contribution in [-0.4, -0.2) is 7.11 Å². The SMILES string of the molecule is COc1c(CCl)cccc1C(F)(F)F. The zero-order chi connectivity index (χ0) is 10.8. The first-order valence-corrected chi connectivity index (χ1v) is 4.33. The fourth-order valence-electron chi connectivity index (χ4n) is 1.15. The van der Waals surface area contributed by atoms with E-state index in [1.54, 1.807) is 0 Å². The lowest BCUT2D eigenvalue weighted by Crippen LogP contribution is -2.08. The van der Waals surface area contributed by atoms with Crippen molar-refractivity contribution in [3.8, 4) is 5.75 Å². The van der Waals surface area contributed by atoms with Gasteiger partial charge in [-0.15, -0.1) is 11.6 Å². The maximum Gasteiger partial charge on any atom is 0.419 e. The molecular formula is C9H8ClF3O. The minimum absolute atomic E-state index is 0.00685. The largest absolute Gasteiger partial charge is 0.496 e. The van der Waals surface area contributed by atoms with E-state index < -0.39 is 11.7 Å².